The quantitative estimate of drug-likeness (QED) is 0.839. The summed E-state index contributed by atoms with van der Waals surface area (Å²) < 4.78 is 10.9. The average molecular weight is 371 g/mol. The number of likely N-dealkylation sites (tertiary alicyclic amines) is 1. The number of ether oxygens (including phenoxy) is 1. The van der Waals surface area contributed by atoms with E-state index in [9.17, 15) is 14.7 Å². The van der Waals surface area contributed by atoms with Gasteiger partial charge in [-0.1, -0.05) is 32.0 Å². The smallest absolute Gasteiger partial charge is 0.313 e. The van der Waals surface area contributed by atoms with Crippen LogP contribution in [0.2, 0.25) is 0 Å². The zero-order valence-corrected chi connectivity index (χ0v) is 15.9. The Labute approximate surface area is 158 Å². The first-order valence-corrected chi connectivity index (χ1v) is 9.08. The van der Waals surface area contributed by atoms with E-state index in [1.54, 1.807) is 12.1 Å². The lowest BCUT2D eigenvalue weighted by Gasteiger charge is -2.23. The summed E-state index contributed by atoms with van der Waals surface area (Å²) in [5.74, 6) is 0.0151. The number of amides is 1. The van der Waals surface area contributed by atoms with Crippen LogP contribution in [-0.4, -0.2) is 48.7 Å². The minimum atomic E-state index is -1.05. The van der Waals surface area contributed by atoms with Gasteiger partial charge in [-0.3, -0.25) is 9.59 Å². The van der Waals surface area contributed by atoms with Crippen molar-refractivity contribution in [2.75, 3.05) is 26.8 Å². The molecule has 0 radical (unpaired) electrons. The number of carbonyl (C=O) groups excluding carboxylic acids is 1. The normalized spacial score (nSPS) is 19.6. The lowest BCUT2D eigenvalue weighted by Crippen LogP contribution is -2.40. The Kier molecular flexibility index (Phi) is 5.37. The van der Waals surface area contributed by atoms with E-state index in [0.717, 1.165) is 5.56 Å². The van der Waals surface area contributed by atoms with Crippen molar-refractivity contribution in [1.29, 1.82) is 0 Å². The molecule has 0 aliphatic carbocycles. The monoisotopic (exact) mass is 371 g/mol. The molecule has 27 heavy (non-hydrogen) atoms. The van der Waals surface area contributed by atoms with E-state index in [2.05, 4.69) is 26.0 Å². The van der Waals surface area contributed by atoms with Crippen LogP contribution in [0.4, 0.5) is 0 Å². The van der Waals surface area contributed by atoms with Crippen LogP contribution in [-0.2, 0) is 9.53 Å². The van der Waals surface area contributed by atoms with E-state index in [1.807, 2.05) is 12.1 Å². The molecule has 1 N–H and O–H groups in total. The van der Waals surface area contributed by atoms with Crippen LogP contribution in [0.25, 0.3) is 11.3 Å². The molecule has 3 rings (SSSR count). The molecule has 1 saturated heterocycles. The molecule has 1 aromatic heterocycles. The van der Waals surface area contributed by atoms with Crippen molar-refractivity contribution < 1.29 is 23.8 Å². The van der Waals surface area contributed by atoms with Crippen molar-refractivity contribution in [3.8, 4) is 11.3 Å². The molecule has 1 atom stereocenters. The highest BCUT2D eigenvalue weighted by Crippen LogP contribution is 2.33. The Bertz CT molecular complexity index is 841. The van der Waals surface area contributed by atoms with Gasteiger partial charge in [0.05, 0.1) is 6.61 Å². The molecule has 1 unspecified atom stereocenters. The van der Waals surface area contributed by atoms with Crippen LogP contribution in [0.3, 0.4) is 0 Å². The van der Waals surface area contributed by atoms with Crippen molar-refractivity contribution in [2.24, 2.45) is 5.41 Å². The van der Waals surface area contributed by atoms with E-state index in [1.165, 1.54) is 17.6 Å². The number of benzene rings is 1. The molecule has 144 valence electrons. The highest BCUT2D eigenvalue weighted by atomic mass is 16.5. The predicted octanol–water partition coefficient (Wildman–Crippen LogP) is 3.63. The first-order chi connectivity index (χ1) is 12.9. The zero-order valence-electron chi connectivity index (χ0n) is 15.9. The molecular weight excluding hydrogens is 346 g/mol. The molecule has 1 amide bonds. The number of furan rings is 1. The topological polar surface area (TPSA) is 80.0 Å². The maximum atomic E-state index is 12.8. The van der Waals surface area contributed by atoms with Gasteiger partial charge in [0.25, 0.3) is 5.91 Å². The number of rotatable bonds is 6. The molecule has 2 aromatic rings. The summed E-state index contributed by atoms with van der Waals surface area (Å²) in [6.07, 6.45) is 0.367. The van der Waals surface area contributed by atoms with Gasteiger partial charge in [0.15, 0.2) is 5.76 Å². The Hall–Kier alpha value is -2.60. The number of hydrogen-bond acceptors (Lipinski definition) is 4. The van der Waals surface area contributed by atoms with Gasteiger partial charge in [0.1, 0.15) is 11.2 Å². The summed E-state index contributed by atoms with van der Waals surface area (Å²) in [4.78, 5) is 26.0. The molecule has 1 aromatic carbocycles. The summed E-state index contributed by atoms with van der Waals surface area (Å²) >= 11 is 0. The Morgan fingerprint density at radius 1 is 1.30 bits per heavy atom. The minimum absolute atomic E-state index is 0.0809. The third kappa shape index (κ3) is 3.76. The van der Waals surface area contributed by atoms with E-state index in [4.69, 9.17) is 9.15 Å². The Morgan fingerprint density at radius 2 is 2.07 bits per heavy atom. The lowest BCUT2D eigenvalue weighted by atomic mass is 9.88. The molecule has 0 spiro atoms. The van der Waals surface area contributed by atoms with Gasteiger partial charge < -0.3 is 19.2 Å². The van der Waals surface area contributed by atoms with Crippen LogP contribution in [0.15, 0.2) is 40.8 Å². The second-order valence-corrected chi connectivity index (χ2v) is 7.44. The SMILES string of the molecule is COCC1(C(=O)O)CCN(C(=O)c2ccc(-c3cccc(C(C)C)c3)o2)C1. The number of carbonyl (C=O) groups is 2. The van der Waals surface area contributed by atoms with Crippen molar-refractivity contribution in [3.63, 3.8) is 0 Å². The fraction of sp³-hybridized carbons (Fsp3) is 0.429. The molecule has 1 fully saturated rings. The molecule has 2 heterocycles. The van der Waals surface area contributed by atoms with Gasteiger partial charge in [-0.25, -0.2) is 0 Å². The van der Waals surface area contributed by atoms with Crippen molar-refractivity contribution in [1.82, 2.24) is 4.90 Å². The lowest BCUT2D eigenvalue weighted by molar-refractivity contribution is -0.151. The predicted molar refractivity (Wildman–Crippen MR) is 101 cm³/mol. The molecular formula is C21H25NO5. The van der Waals surface area contributed by atoms with E-state index in [0.29, 0.717) is 24.6 Å². The zero-order chi connectivity index (χ0) is 19.6. The largest absolute Gasteiger partial charge is 0.481 e. The van der Waals surface area contributed by atoms with Gasteiger partial charge >= 0.3 is 5.97 Å². The summed E-state index contributed by atoms with van der Waals surface area (Å²) in [6, 6.07) is 11.5. The minimum Gasteiger partial charge on any atom is -0.481 e. The van der Waals surface area contributed by atoms with Crippen LogP contribution in [0.1, 0.15) is 42.3 Å². The van der Waals surface area contributed by atoms with E-state index >= 15 is 0 Å². The molecule has 1 aliphatic heterocycles. The summed E-state index contributed by atoms with van der Waals surface area (Å²) in [5, 5.41) is 9.55. The van der Waals surface area contributed by atoms with Crippen LogP contribution in [0.5, 0.6) is 0 Å². The summed E-state index contributed by atoms with van der Waals surface area (Å²) in [6.45, 7) is 4.81. The number of carboxylic acid groups (broad SMARTS) is 1. The van der Waals surface area contributed by atoms with Gasteiger partial charge in [-0.15, -0.1) is 0 Å². The maximum Gasteiger partial charge on any atom is 0.313 e. The number of carboxylic acids is 1. The first-order valence-electron chi connectivity index (χ1n) is 9.08. The second kappa shape index (κ2) is 7.56. The van der Waals surface area contributed by atoms with Gasteiger partial charge in [-0.2, -0.15) is 0 Å². The van der Waals surface area contributed by atoms with E-state index < -0.39 is 11.4 Å². The highest BCUT2D eigenvalue weighted by Gasteiger charge is 2.46. The van der Waals surface area contributed by atoms with Gasteiger partial charge in [-0.05, 0) is 36.1 Å². The van der Waals surface area contributed by atoms with Crippen LogP contribution < -0.4 is 0 Å². The fourth-order valence-electron chi connectivity index (χ4n) is 3.49. The van der Waals surface area contributed by atoms with Crippen molar-refractivity contribution in [3.05, 3.63) is 47.7 Å². The van der Waals surface area contributed by atoms with Crippen LogP contribution >= 0.6 is 0 Å². The number of methoxy groups -OCH3 is 1. The summed E-state index contributed by atoms with van der Waals surface area (Å²) in [7, 11) is 1.47. The van der Waals surface area contributed by atoms with Gasteiger partial charge in [0, 0.05) is 25.8 Å². The van der Waals surface area contributed by atoms with Gasteiger partial charge in [0.2, 0.25) is 0 Å². The number of nitrogens with zero attached hydrogens (tertiary/aromatic N) is 1. The highest BCUT2D eigenvalue weighted by molar-refractivity contribution is 5.93. The van der Waals surface area contributed by atoms with Crippen LogP contribution in [0, 0.1) is 5.41 Å². The third-order valence-electron chi connectivity index (χ3n) is 5.17. The number of hydrogen-bond donors (Lipinski definition) is 1. The second-order valence-electron chi connectivity index (χ2n) is 7.44. The standard InChI is InChI=1S/C21H25NO5/c1-14(2)15-5-4-6-16(11-15)17-7-8-18(27-17)19(23)22-10-9-21(12-22,13-26-3)20(24)25/h4-8,11,14H,9-10,12-13H2,1-3H3,(H,24,25). The van der Waals surface area contributed by atoms with Crippen molar-refractivity contribution >= 4 is 11.9 Å². The molecule has 6 nitrogen and oxygen atoms in total. The number of aliphatic carboxylic acids is 1. The first kappa shape index (κ1) is 19.2. The summed E-state index contributed by atoms with van der Waals surface area (Å²) in [5.41, 5.74) is 1.06. The molecule has 0 saturated carbocycles. The Balaban J connectivity index is 1.78. The Morgan fingerprint density at radius 3 is 2.74 bits per heavy atom. The van der Waals surface area contributed by atoms with E-state index in [-0.39, 0.29) is 24.8 Å². The molecule has 6 heteroatoms. The molecule has 1 aliphatic rings. The molecule has 0 bridgehead atoms. The third-order valence-corrected chi connectivity index (χ3v) is 5.17. The fourth-order valence-corrected chi connectivity index (χ4v) is 3.49. The maximum absolute atomic E-state index is 12.8. The average Bonchev–Trinajstić information content (AvgIpc) is 3.30. The van der Waals surface area contributed by atoms with Crippen molar-refractivity contribution in [2.45, 2.75) is 26.2 Å².